The van der Waals surface area contributed by atoms with Gasteiger partial charge in [-0.1, -0.05) is 25.3 Å². The van der Waals surface area contributed by atoms with Crippen molar-refractivity contribution >= 4 is 5.69 Å². The summed E-state index contributed by atoms with van der Waals surface area (Å²) in [6, 6.07) is 5.14. The summed E-state index contributed by atoms with van der Waals surface area (Å²) < 4.78 is 14.0. The first-order chi connectivity index (χ1) is 10.1. The Kier molecular flexibility index (Phi) is 4.21. The summed E-state index contributed by atoms with van der Waals surface area (Å²) in [5.74, 6) is -0.291. The van der Waals surface area contributed by atoms with Gasteiger partial charge in [0.2, 0.25) is 0 Å². The number of hydrogen-bond donors (Lipinski definition) is 1. The number of anilines is 1. The Balaban J connectivity index is 1.76. The number of benzene rings is 1. The lowest BCUT2D eigenvalue weighted by Gasteiger charge is -2.45. The van der Waals surface area contributed by atoms with Gasteiger partial charge in [0.1, 0.15) is 5.82 Å². The number of rotatable bonds is 2. The Morgan fingerprint density at radius 2 is 1.76 bits per heavy atom. The summed E-state index contributed by atoms with van der Waals surface area (Å²) in [7, 11) is 0. The molecule has 1 aliphatic heterocycles. The van der Waals surface area contributed by atoms with Crippen LogP contribution in [0.25, 0.3) is 0 Å². The number of aliphatic hydroxyl groups is 1. The second-order valence-corrected chi connectivity index (χ2v) is 6.90. The topological polar surface area (TPSA) is 23.5 Å². The van der Waals surface area contributed by atoms with Crippen molar-refractivity contribution in [3.63, 3.8) is 0 Å². The molecule has 1 aliphatic carbocycles. The summed E-state index contributed by atoms with van der Waals surface area (Å²) >= 11 is 0. The second-order valence-electron chi connectivity index (χ2n) is 6.90. The highest BCUT2D eigenvalue weighted by molar-refractivity contribution is 5.55. The highest BCUT2D eigenvalue weighted by atomic mass is 19.1. The van der Waals surface area contributed by atoms with Gasteiger partial charge in [-0.25, -0.2) is 4.39 Å². The van der Waals surface area contributed by atoms with Crippen molar-refractivity contribution in [1.29, 1.82) is 0 Å². The first kappa shape index (κ1) is 14.8. The van der Waals surface area contributed by atoms with Crippen molar-refractivity contribution in [2.45, 2.75) is 58.0 Å². The number of piperidine rings is 1. The van der Waals surface area contributed by atoms with E-state index in [0.717, 1.165) is 18.8 Å². The van der Waals surface area contributed by atoms with Gasteiger partial charge in [0.05, 0.1) is 6.10 Å². The normalized spacial score (nSPS) is 23.3. The molecule has 116 valence electrons. The van der Waals surface area contributed by atoms with Crippen molar-refractivity contribution in [3.8, 4) is 0 Å². The Hall–Kier alpha value is -1.09. The average molecular weight is 291 g/mol. The minimum atomic E-state index is -0.758. The molecule has 1 aromatic carbocycles. The monoisotopic (exact) mass is 291 g/mol. The zero-order valence-electron chi connectivity index (χ0n) is 12.9. The molecule has 3 rings (SSSR count). The van der Waals surface area contributed by atoms with E-state index in [9.17, 15) is 9.50 Å². The van der Waals surface area contributed by atoms with E-state index in [1.807, 2.05) is 6.07 Å². The van der Waals surface area contributed by atoms with Crippen LogP contribution in [0.5, 0.6) is 0 Å². The Morgan fingerprint density at radius 3 is 2.38 bits per heavy atom. The number of aliphatic hydroxyl groups excluding tert-OH is 1. The van der Waals surface area contributed by atoms with Crippen LogP contribution in [0.2, 0.25) is 0 Å². The molecule has 0 bridgehead atoms. The second kappa shape index (κ2) is 5.96. The van der Waals surface area contributed by atoms with Gasteiger partial charge in [-0.2, -0.15) is 0 Å². The molecule has 1 aromatic rings. The maximum Gasteiger partial charge on any atom is 0.131 e. The molecule has 0 aromatic heterocycles. The minimum absolute atomic E-state index is 0.291. The third-order valence-corrected chi connectivity index (χ3v) is 5.53. The van der Waals surface area contributed by atoms with Crippen LogP contribution >= 0.6 is 0 Å². The largest absolute Gasteiger partial charge is 0.389 e. The van der Waals surface area contributed by atoms with Gasteiger partial charge in [-0.15, -0.1) is 0 Å². The van der Waals surface area contributed by atoms with Crippen LogP contribution in [0.15, 0.2) is 18.2 Å². The van der Waals surface area contributed by atoms with Gasteiger partial charge in [-0.3, -0.25) is 0 Å². The van der Waals surface area contributed by atoms with Gasteiger partial charge in [-0.05, 0) is 50.2 Å². The molecule has 2 fully saturated rings. The van der Waals surface area contributed by atoms with E-state index in [-0.39, 0.29) is 5.82 Å². The first-order valence-electron chi connectivity index (χ1n) is 8.33. The van der Waals surface area contributed by atoms with Gasteiger partial charge < -0.3 is 10.0 Å². The van der Waals surface area contributed by atoms with Gasteiger partial charge in [0.15, 0.2) is 0 Å². The summed E-state index contributed by atoms with van der Waals surface area (Å²) in [6.45, 7) is 3.63. The smallest absolute Gasteiger partial charge is 0.131 e. The van der Waals surface area contributed by atoms with E-state index >= 15 is 0 Å². The maximum atomic E-state index is 14.0. The molecule has 1 saturated carbocycles. The van der Waals surface area contributed by atoms with Gasteiger partial charge in [0.25, 0.3) is 0 Å². The highest BCUT2D eigenvalue weighted by Crippen LogP contribution is 2.45. The first-order valence-corrected chi connectivity index (χ1v) is 8.33. The zero-order valence-corrected chi connectivity index (χ0v) is 12.9. The minimum Gasteiger partial charge on any atom is -0.389 e. The highest BCUT2D eigenvalue weighted by Gasteiger charge is 2.36. The molecule has 0 unspecified atom stereocenters. The maximum absolute atomic E-state index is 14.0. The Labute approximate surface area is 127 Å². The summed E-state index contributed by atoms with van der Waals surface area (Å²) in [4.78, 5) is 2.27. The lowest BCUT2D eigenvalue weighted by atomic mass is 9.68. The molecular formula is C18H26FNO. The van der Waals surface area contributed by atoms with Gasteiger partial charge in [0, 0.05) is 24.3 Å². The number of hydrogen-bond acceptors (Lipinski definition) is 2. The molecule has 1 spiro atoms. The number of nitrogens with zero attached hydrogens (tertiary/aromatic N) is 1. The summed E-state index contributed by atoms with van der Waals surface area (Å²) in [6.07, 6.45) is 8.54. The van der Waals surface area contributed by atoms with Crippen LogP contribution < -0.4 is 4.90 Å². The van der Waals surface area contributed by atoms with Crippen LogP contribution in [-0.4, -0.2) is 18.2 Å². The third kappa shape index (κ3) is 2.94. The molecule has 1 atom stereocenters. The third-order valence-electron chi connectivity index (χ3n) is 5.53. The SMILES string of the molecule is C[C@H](O)c1c(F)cccc1N1CCC2(CCCCC2)CC1. The fourth-order valence-electron chi connectivity index (χ4n) is 4.24. The molecule has 3 heteroatoms. The Bertz CT molecular complexity index is 484. The summed E-state index contributed by atoms with van der Waals surface area (Å²) in [5, 5.41) is 9.89. The van der Waals surface area contributed by atoms with Crippen LogP contribution in [-0.2, 0) is 0 Å². The predicted octanol–water partition coefficient (Wildman–Crippen LogP) is 4.43. The molecule has 0 radical (unpaired) electrons. The molecule has 2 aliphatic rings. The molecule has 1 saturated heterocycles. The quantitative estimate of drug-likeness (QED) is 0.871. The average Bonchev–Trinajstić information content (AvgIpc) is 2.48. The lowest BCUT2D eigenvalue weighted by Crippen LogP contribution is -2.41. The van der Waals surface area contributed by atoms with Crippen LogP contribution in [0.3, 0.4) is 0 Å². The van der Waals surface area contributed by atoms with Crippen LogP contribution in [0.1, 0.15) is 63.5 Å². The van der Waals surface area contributed by atoms with Crippen molar-refractivity contribution in [1.82, 2.24) is 0 Å². The van der Waals surface area contributed by atoms with E-state index in [0.29, 0.717) is 11.0 Å². The molecule has 2 nitrogen and oxygen atoms in total. The van der Waals surface area contributed by atoms with E-state index < -0.39 is 6.10 Å². The molecule has 1 heterocycles. The standard InChI is InChI=1S/C18H26FNO/c1-14(21)17-15(19)6-5-7-16(17)20-12-10-18(11-13-20)8-3-2-4-9-18/h5-7,14,21H,2-4,8-13H2,1H3/t14-/m0/s1. The van der Waals surface area contributed by atoms with E-state index in [2.05, 4.69) is 4.90 Å². The zero-order chi connectivity index (χ0) is 14.9. The van der Waals surface area contributed by atoms with Crippen molar-refractivity contribution < 1.29 is 9.50 Å². The van der Waals surface area contributed by atoms with E-state index in [1.54, 1.807) is 13.0 Å². The van der Waals surface area contributed by atoms with E-state index in [1.165, 1.54) is 51.0 Å². The summed E-state index contributed by atoms with van der Waals surface area (Å²) in [5.41, 5.74) is 1.89. The lowest BCUT2D eigenvalue weighted by molar-refractivity contribution is 0.143. The van der Waals surface area contributed by atoms with Crippen LogP contribution in [0, 0.1) is 11.2 Å². The van der Waals surface area contributed by atoms with E-state index in [4.69, 9.17) is 0 Å². The Morgan fingerprint density at radius 1 is 1.10 bits per heavy atom. The molecule has 0 amide bonds. The van der Waals surface area contributed by atoms with Crippen molar-refractivity contribution in [3.05, 3.63) is 29.6 Å². The van der Waals surface area contributed by atoms with Crippen molar-refractivity contribution in [2.24, 2.45) is 5.41 Å². The molecule has 21 heavy (non-hydrogen) atoms. The van der Waals surface area contributed by atoms with Crippen LogP contribution in [0.4, 0.5) is 10.1 Å². The van der Waals surface area contributed by atoms with Crippen molar-refractivity contribution in [2.75, 3.05) is 18.0 Å². The fourth-order valence-corrected chi connectivity index (χ4v) is 4.24. The molecule has 1 N–H and O–H groups in total. The number of halogens is 1. The predicted molar refractivity (Wildman–Crippen MR) is 84.0 cm³/mol. The fraction of sp³-hybridized carbons (Fsp3) is 0.667. The van der Waals surface area contributed by atoms with Gasteiger partial charge >= 0.3 is 0 Å². The molecular weight excluding hydrogens is 265 g/mol.